The number of halogens is 2. The van der Waals surface area contributed by atoms with Crippen molar-refractivity contribution in [3.63, 3.8) is 0 Å². The normalized spacial score (nSPS) is 14.4. The lowest BCUT2D eigenvalue weighted by molar-refractivity contribution is 0.925. The second-order valence-electron chi connectivity index (χ2n) is 7.01. The van der Waals surface area contributed by atoms with Gasteiger partial charge in [-0.3, -0.25) is 0 Å². The highest BCUT2D eigenvalue weighted by Gasteiger charge is 2.23. The zero-order chi connectivity index (χ0) is 20.8. The number of aromatic nitrogens is 6. The van der Waals surface area contributed by atoms with E-state index in [9.17, 15) is 4.79 Å². The van der Waals surface area contributed by atoms with E-state index >= 15 is 0 Å². The van der Waals surface area contributed by atoms with Gasteiger partial charge in [0.25, 0.3) is 0 Å². The Morgan fingerprint density at radius 1 is 1.23 bits per heavy atom. The summed E-state index contributed by atoms with van der Waals surface area (Å²) in [5.41, 5.74) is 0.986. The Labute approximate surface area is 179 Å². The van der Waals surface area contributed by atoms with E-state index in [2.05, 4.69) is 42.2 Å². The van der Waals surface area contributed by atoms with E-state index in [-0.39, 0.29) is 5.69 Å². The molecule has 4 aromatic heterocycles. The summed E-state index contributed by atoms with van der Waals surface area (Å²) in [6.07, 6.45) is 7.17. The van der Waals surface area contributed by atoms with Crippen molar-refractivity contribution in [1.82, 2.24) is 29.5 Å². The lowest BCUT2D eigenvalue weighted by Crippen LogP contribution is -2.22. The minimum absolute atomic E-state index is 0.322. The van der Waals surface area contributed by atoms with Crippen LogP contribution in [-0.4, -0.2) is 35.6 Å². The minimum Gasteiger partial charge on any atom is -0.367 e. The molecule has 5 rings (SSSR count). The van der Waals surface area contributed by atoms with Crippen LogP contribution in [0.4, 0.5) is 17.5 Å². The third-order valence-electron chi connectivity index (χ3n) is 4.62. The van der Waals surface area contributed by atoms with Crippen molar-refractivity contribution < 1.29 is 0 Å². The number of nitrogens with zero attached hydrogens (tertiary/aromatic N) is 4. The summed E-state index contributed by atoms with van der Waals surface area (Å²) in [5.74, 6) is 1.76. The van der Waals surface area contributed by atoms with Crippen LogP contribution in [0.3, 0.4) is 0 Å². The van der Waals surface area contributed by atoms with Crippen LogP contribution in [0.15, 0.2) is 29.3 Å². The average Bonchev–Trinajstić information content (AvgIpc) is 3.33. The SMILES string of the molecule is C=c1[nH]c(=O)[nH]/c1=C\c1cnn2c(NC3CC3)cc(Nc3ncc(Cl)cc3Cl)nc12. The molecule has 0 amide bonds. The molecule has 4 aromatic rings. The number of hydrogen-bond donors (Lipinski definition) is 4. The number of rotatable bonds is 5. The smallest absolute Gasteiger partial charge is 0.323 e. The van der Waals surface area contributed by atoms with Gasteiger partial charge in [-0.2, -0.15) is 9.61 Å². The van der Waals surface area contributed by atoms with Gasteiger partial charge in [-0.1, -0.05) is 29.8 Å². The summed E-state index contributed by atoms with van der Waals surface area (Å²) in [7, 11) is 0. The minimum atomic E-state index is -0.322. The fourth-order valence-electron chi connectivity index (χ4n) is 3.03. The molecule has 1 aliphatic rings. The Kier molecular flexibility index (Phi) is 4.48. The monoisotopic (exact) mass is 442 g/mol. The molecule has 4 heterocycles. The molecule has 1 fully saturated rings. The first-order chi connectivity index (χ1) is 14.5. The predicted molar refractivity (Wildman–Crippen MR) is 117 cm³/mol. The standard InChI is InChI=1S/C19H16Cl2N8O/c1-9-14(26-19(30)24-9)4-10-7-23-29-16(25-12-2-3-12)6-15(28-18(10)29)27-17-13(21)5-11(20)8-22-17/h4-8,12,25H,1-3H2,(H,22,27,28)(H2,24,26,30)/b14-4-. The van der Waals surface area contributed by atoms with Gasteiger partial charge < -0.3 is 20.6 Å². The van der Waals surface area contributed by atoms with Gasteiger partial charge in [-0.25, -0.2) is 14.8 Å². The molecule has 0 aliphatic heterocycles. The number of hydrogen-bond acceptors (Lipinski definition) is 6. The van der Waals surface area contributed by atoms with E-state index in [0.29, 0.717) is 49.6 Å². The van der Waals surface area contributed by atoms with Crippen molar-refractivity contribution in [2.45, 2.75) is 18.9 Å². The van der Waals surface area contributed by atoms with E-state index in [1.54, 1.807) is 22.9 Å². The molecule has 30 heavy (non-hydrogen) atoms. The van der Waals surface area contributed by atoms with Crippen LogP contribution in [0.25, 0.3) is 18.3 Å². The Balaban J connectivity index is 1.64. The molecule has 0 atom stereocenters. The molecule has 152 valence electrons. The van der Waals surface area contributed by atoms with Gasteiger partial charge in [-0.15, -0.1) is 0 Å². The second-order valence-corrected chi connectivity index (χ2v) is 7.85. The summed E-state index contributed by atoms with van der Waals surface area (Å²) in [6.45, 7) is 3.83. The number of imidazole rings is 1. The van der Waals surface area contributed by atoms with E-state index in [0.717, 1.165) is 18.7 Å². The fourth-order valence-corrected chi connectivity index (χ4v) is 3.45. The van der Waals surface area contributed by atoms with Crippen LogP contribution in [0, 0.1) is 0 Å². The summed E-state index contributed by atoms with van der Waals surface area (Å²) >= 11 is 12.2. The fraction of sp³-hybridized carbons (Fsp3) is 0.158. The topological polar surface area (TPSA) is 116 Å². The van der Waals surface area contributed by atoms with Gasteiger partial charge in [0, 0.05) is 23.9 Å². The van der Waals surface area contributed by atoms with Crippen molar-refractivity contribution in [1.29, 1.82) is 0 Å². The van der Waals surface area contributed by atoms with Gasteiger partial charge in [0.1, 0.15) is 17.5 Å². The summed E-state index contributed by atoms with van der Waals surface area (Å²) in [5, 5.41) is 12.9. The van der Waals surface area contributed by atoms with Crippen molar-refractivity contribution in [3.8, 4) is 0 Å². The Morgan fingerprint density at radius 2 is 2.07 bits per heavy atom. The van der Waals surface area contributed by atoms with Crippen molar-refractivity contribution in [3.05, 3.63) is 61.3 Å². The number of pyridine rings is 1. The molecule has 0 saturated heterocycles. The van der Waals surface area contributed by atoms with Gasteiger partial charge in [-0.05, 0) is 25.0 Å². The maximum atomic E-state index is 11.5. The van der Waals surface area contributed by atoms with Gasteiger partial charge in [0.05, 0.1) is 26.9 Å². The molecule has 1 saturated carbocycles. The summed E-state index contributed by atoms with van der Waals surface area (Å²) in [6, 6.07) is 3.86. The quantitative estimate of drug-likeness (QED) is 0.375. The van der Waals surface area contributed by atoms with Crippen LogP contribution >= 0.6 is 23.2 Å². The lowest BCUT2D eigenvalue weighted by atomic mass is 10.3. The van der Waals surface area contributed by atoms with E-state index in [4.69, 9.17) is 23.2 Å². The Bertz CT molecular complexity index is 1430. The summed E-state index contributed by atoms with van der Waals surface area (Å²) in [4.78, 5) is 25.8. The molecule has 0 radical (unpaired) electrons. The average molecular weight is 443 g/mol. The molecule has 0 bridgehead atoms. The predicted octanol–water partition coefficient (Wildman–Crippen LogP) is 2.00. The first kappa shape index (κ1) is 18.7. The maximum absolute atomic E-state index is 11.5. The number of H-pyrrole nitrogens is 2. The number of aromatic amines is 2. The largest absolute Gasteiger partial charge is 0.367 e. The lowest BCUT2D eigenvalue weighted by Gasteiger charge is -2.12. The third-order valence-corrected chi connectivity index (χ3v) is 5.12. The zero-order valence-corrected chi connectivity index (χ0v) is 17.1. The van der Waals surface area contributed by atoms with Gasteiger partial charge in [0.2, 0.25) is 0 Å². The van der Waals surface area contributed by atoms with E-state index in [1.807, 2.05) is 6.07 Å². The molecule has 0 spiro atoms. The molecular formula is C19H16Cl2N8O. The van der Waals surface area contributed by atoms with Gasteiger partial charge in [0.15, 0.2) is 5.65 Å². The van der Waals surface area contributed by atoms with Crippen molar-refractivity contribution in [2.75, 3.05) is 10.6 Å². The van der Waals surface area contributed by atoms with E-state index in [1.165, 1.54) is 6.20 Å². The molecular weight excluding hydrogens is 427 g/mol. The number of fused-ring (bicyclic) bond motifs is 1. The zero-order valence-electron chi connectivity index (χ0n) is 15.5. The first-order valence-electron chi connectivity index (χ1n) is 9.18. The first-order valence-corrected chi connectivity index (χ1v) is 9.94. The van der Waals surface area contributed by atoms with E-state index < -0.39 is 0 Å². The Hall–Kier alpha value is -3.30. The highest BCUT2D eigenvalue weighted by atomic mass is 35.5. The summed E-state index contributed by atoms with van der Waals surface area (Å²) < 4.78 is 1.72. The Morgan fingerprint density at radius 3 is 2.77 bits per heavy atom. The van der Waals surface area contributed by atoms with Crippen molar-refractivity contribution >= 4 is 59.0 Å². The van der Waals surface area contributed by atoms with Crippen LogP contribution in [0.5, 0.6) is 0 Å². The van der Waals surface area contributed by atoms with Gasteiger partial charge >= 0.3 is 5.69 Å². The highest BCUT2D eigenvalue weighted by molar-refractivity contribution is 6.36. The maximum Gasteiger partial charge on any atom is 0.323 e. The molecule has 1 aliphatic carbocycles. The second kappa shape index (κ2) is 7.19. The molecule has 11 heteroatoms. The molecule has 0 unspecified atom stereocenters. The molecule has 9 nitrogen and oxygen atoms in total. The number of anilines is 3. The van der Waals surface area contributed by atoms with Crippen LogP contribution in [-0.2, 0) is 0 Å². The highest BCUT2D eigenvalue weighted by Crippen LogP contribution is 2.29. The molecule has 0 aromatic carbocycles. The number of nitrogens with one attached hydrogen (secondary N) is 4. The third kappa shape index (κ3) is 3.64. The van der Waals surface area contributed by atoms with Crippen LogP contribution in [0.1, 0.15) is 18.4 Å². The molecule has 4 N–H and O–H groups in total. The van der Waals surface area contributed by atoms with Crippen LogP contribution in [0.2, 0.25) is 10.0 Å². The van der Waals surface area contributed by atoms with Crippen LogP contribution < -0.4 is 27.0 Å². The van der Waals surface area contributed by atoms with Crippen molar-refractivity contribution in [2.24, 2.45) is 0 Å².